The van der Waals surface area contributed by atoms with Crippen molar-refractivity contribution in [2.75, 3.05) is 46.2 Å². The van der Waals surface area contributed by atoms with E-state index in [1.165, 1.54) is 0 Å². The number of carbonyl (C=O) groups is 3. The van der Waals surface area contributed by atoms with Crippen molar-refractivity contribution < 1.29 is 35.1 Å². The molecular weight excluding hydrogens is 536 g/mol. The number of fused-ring (bicyclic) bond motifs is 3. The molecule has 0 spiro atoms. The van der Waals surface area contributed by atoms with Crippen LogP contribution in [0, 0.1) is 0 Å². The molecule has 3 rings (SSSR count). The first-order chi connectivity index (χ1) is 21.0. The number of Topliss-reactive ketones (excluding diaryl/α,β-unsaturated/α-hetero) is 1. The zero-order valence-corrected chi connectivity index (χ0v) is 24.8. The average Bonchev–Trinajstić information content (AvgIpc) is 3.33. The Morgan fingerprint density at radius 2 is 1.76 bits per heavy atom. The number of benzene rings is 2. The van der Waals surface area contributed by atoms with Gasteiger partial charge in [-0.2, -0.15) is 0 Å². The summed E-state index contributed by atoms with van der Waals surface area (Å²) in [5, 5.41) is 11.8. The number of ketones is 1. The number of hydrogen-bond donors (Lipinski definition) is 3. The number of hydrogen-bond acceptors (Lipinski definition) is 7. The fourth-order valence-electron chi connectivity index (χ4n) is 5.22. The number of aryl methyl sites for hydroxylation is 1. The highest BCUT2D eigenvalue weighted by atomic mass is 16.5. The Balaban J connectivity index is 1.66. The lowest BCUT2D eigenvalue weighted by Crippen LogP contribution is -2.27. The SMILES string of the molecule is [2H]NC(=O)OCC1c2cc(CCCC(=O)NCCOCCCC)ccc2-c2c(C(=O)CCCOCCCCO)cccc21. The Hall–Kier alpha value is -3.27. The van der Waals surface area contributed by atoms with Gasteiger partial charge in [0.05, 0.1) is 6.61 Å². The number of carbonyl (C=O) groups excluding carboxylic acids is 3. The molecule has 1 aliphatic carbocycles. The predicted octanol–water partition coefficient (Wildman–Crippen LogP) is 4.90. The van der Waals surface area contributed by atoms with Crippen LogP contribution in [0.1, 0.15) is 91.3 Å². The number of rotatable bonds is 21. The lowest BCUT2D eigenvalue weighted by molar-refractivity contribution is -0.121. The molecule has 0 bridgehead atoms. The minimum atomic E-state index is -0.834. The Bertz CT molecular complexity index is 1190. The molecule has 2 aromatic rings. The van der Waals surface area contributed by atoms with E-state index in [-0.39, 0.29) is 30.8 Å². The highest BCUT2D eigenvalue weighted by Crippen LogP contribution is 2.47. The number of aliphatic hydroxyl groups is 1. The molecule has 0 saturated carbocycles. The van der Waals surface area contributed by atoms with Gasteiger partial charge in [0.2, 0.25) is 5.91 Å². The Morgan fingerprint density at radius 1 is 0.952 bits per heavy atom. The predicted molar refractivity (Wildman–Crippen MR) is 162 cm³/mol. The maximum absolute atomic E-state index is 13.3. The van der Waals surface area contributed by atoms with E-state index in [1.807, 2.05) is 30.3 Å². The molecule has 42 heavy (non-hydrogen) atoms. The van der Waals surface area contributed by atoms with E-state index >= 15 is 0 Å². The topological polar surface area (TPSA) is 137 Å². The summed E-state index contributed by atoms with van der Waals surface area (Å²) in [4.78, 5) is 37.3. The zero-order valence-electron chi connectivity index (χ0n) is 25.8. The molecule has 9 heteroatoms. The number of primary amides is 1. The number of nitrogens with two attached hydrogens (primary N) is 1. The molecule has 0 fully saturated rings. The zero-order chi connectivity index (χ0) is 30.9. The molecule has 2 amide bonds. The quantitative estimate of drug-likeness (QED) is 0.140. The van der Waals surface area contributed by atoms with Gasteiger partial charge in [-0.05, 0) is 66.3 Å². The highest BCUT2D eigenvalue weighted by Gasteiger charge is 2.32. The summed E-state index contributed by atoms with van der Waals surface area (Å²) in [7, 11) is 0. The molecule has 1 aliphatic rings. The van der Waals surface area contributed by atoms with Crippen LogP contribution in [0.25, 0.3) is 11.1 Å². The van der Waals surface area contributed by atoms with Crippen LogP contribution >= 0.6 is 0 Å². The van der Waals surface area contributed by atoms with Crippen LogP contribution in [0.4, 0.5) is 4.79 Å². The van der Waals surface area contributed by atoms with Gasteiger partial charge >= 0.3 is 6.09 Å². The fraction of sp³-hybridized carbons (Fsp3) is 0.545. The van der Waals surface area contributed by atoms with E-state index in [4.69, 9.17) is 20.7 Å². The van der Waals surface area contributed by atoms with Gasteiger partial charge in [-0.3, -0.25) is 9.59 Å². The van der Waals surface area contributed by atoms with Crippen molar-refractivity contribution in [3.8, 4) is 11.1 Å². The molecule has 2 aromatic carbocycles. The van der Waals surface area contributed by atoms with E-state index in [9.17, 15) is 14.4 Å². The molecule has 1 atom stereocenters. The van der Waals surface area contributed by atoms with Gasteiger partial charge in [-0.25, -0.2) is 4.79 Å². The Morgan fingerprint density at radius 3 is 2.57 bits per heavy atom. The molecule has 0 heterocycles. The molecule has 1 unspecified atom stereocenters. The van der Waals surface area contributed by atoms with E-state index < -0.39 is 6.09 Å². The maximum atomic E-state index is 13.3. The second kappa shape index (κ2) is 18.3. The number of ether oxygens (including phenoxy) is 3. The Labute approximate surface area is 250 Å². The Kier molecular flexibility index (Phi) is 13.8. The van der Waals surface area contributed by atoms with Gasteiger partial charge in [-0.15, -0.1) is 0 Å². The molecular formula is C33H46N2O7. The lowest BCUT2D eigenvalue weighted by atomic mass is 9.93. The summed E-state index contributed by atoms with van der Waals surface area (Å²) in [6, 6.07) is 11.8. The van der Waals surface area contributed by atoms with Gasteiger partial charge in [-0.1, -0.05) is 49.7 Å². The van der Waals surface area contributed by atoms with Crippen molar-refractivity contribution >= 4 is 17.8 Å². The van der Waals surface area contributed by atoms with Crippen molar-refractivity contribution in [2.45, 2.75) is 70.6 Å². The van der Waals surface area contributed by atoms with Crippen LogP contribution in [0.5, 0.6) is 0 Å². The van der Waals surface area contributed by atoms with Crippen LogP contribution in [0.2, 0.25) is 1.41 Å². The van der Waals surface area contributed by atoms with Crippen molar-refractivity contribution in [2.24, 2.45) is 5.73 Å². The van der Waals surface area contributed by atoms with Crippen LogP contribution in [0.3, 0.4) is 0 Å². The molecule has 0 radical (unpaired) electrons. The minimum Gasteiger partial charge on any atom is -0.449 e. The third kappa shape index (κ3) is 10.2. The third-order valence-corrected chi connectivity index (χ3v) is 7.38. The first-order valence-electron chi connectivity index (χ1n) is 15.7. The molecule has 0 saturated heterocycles. The summed E-state index contributed by atoms with van der Waals surface area (Å²) in [6.07, 6.45) is 5.50. The summed E-state index contributed by atoms with van der Waals surface area (Å²) in [5.74, 6) is -0.252. The monoisotopic (exact) mass is 583 g/mol. The highest BCUT2D eigenvalue weighted by molar-refractivity contribution is 6.04. The van der Waals surface area contributed by atoms with E-state index in [2.05, 4.69) is 18.3 Å². The first kappa shape index (κ1) is 31.7. The van der Waals surface area contributed by atoms with Crippen molar-refractivity contribution in [1.29, 1.82) is 0 Å². The van der Waals surface area contributed by atoms with E-state index in [0.717, 1.165) is 47.1 Å². The molecule has 9 nitrogen and oxygen atoms in total. The van der Waals surface area contributed by atoms with E-state index in [1.54, 1.807) is 5.73 Å². The van der Waals surface area contributed by atoms with Gasteiger partial charge in [0.1, 0.15) is 6.61 Å². The molecule has 4 N–H and O–H groups in total. The molecule has 0 aliphatic heterocycles. The summed E-state index contributed by atoms with van der Waals surface area (Å²) in [6.45, 7) is 5.08. The van der Waals surface area contributed by atoms with Crippen LogP contribution in [-0.2, 0) is 25.4 Å². The lowest BCUT2D eigenvalue weighted by Gasteiger charge is -2.14. The van der Waals surface area contributed by atoms with Gasteiger partial charge < -0.3 is 30.4 Å². The fourth-order valence-corrected chi connectivity index (χ4v) is 5.22. The number of aliphatic hydroxyl groups excluding tert-OH is 1. The maximum Gasteiger partial charge on any atom is 0.404 e. The van der Waals surface area contributed by atoms with Crippen molar-refractivity contribution in [1.82, 2.24) is 5.32 Å². The van der Waals surface area contributed by atoms with Crippen LogP contribution in [0.15, 0.2) is 36.4 Å². The molecule has 230 valence electrons. The van der Waals surface area contributed by atoms with Crippen LogP contribution in [-0.4, -0.2) is 69.1 Å². The minimum absolute atomic E-state index is 0.000877. The number of unbranched alkanes of at least 4 members (excludes halogenated alkanes) is 2. The van der Waals surface area contributed by atoms with Gasteiger partial charge in [0.25, 0.3) is 0 Å². The first-order valence-corrected chi connectivity index (χ1v) is 15.2. The number of amides is 2. The second-order valence-electron chi connectivity index (χ2n) is 10.6. The van der Waals surface area contributed by atoms with Gasteiger partial charge in [0.15, 0.2) is 7.20 Å². The summed E-state index contributed by atoms with van der Waals surface area (Å²) < 4.78 is 23.5. The van der Waals surface area contributed by atoms with Gasteiger partial charge in [0, 0.05) is 57.3 Å². The normalized spacial score (nSPS) is 13.7. The second-order valence-corrected chi connectivity index (χ2v) is 10.6. The standard InChI is InChI=1S/C33H46N2O7/c1-2-3-18-41-21-16-35-31(38)13-6-9-24-14-15-26-28(22-24)29(23-42-33(34)39)25-10-7-11-27(32(25)26)30(37)12-8-20-40-19-5-4-17-36/h7,10-11,14-15,22,29,36H,2-6,8-9,12-13,16-21,23H2,1H3,(H2,34,39)(H,35,38)/i/hD. The summed E-state index contributed by atoms with van der Waals surface area (Å²) in [5.41, 5.74) is 7.12. The largest absolute Gasteiger partial charge is 0.449 e. The smallest absolute Gasteiger partial charge is 0.404 e. The van der Waals surface area contributed by atoms with Crippen LogP contribution < -0.4 is 11.0 Å². The van der Waals surface area contributed by atoms with Crippen molar-refractivity contribution in [3.05, 3.63) is 58.7 Å². The average molecular weight is 584 g/mol. The van der Waals surface area contributed by atoms with Crippen molar-refractivity contribution in [3.63, 3.8) is 0 Å². The third-order valence-electron chi connectivity index (χ3n) is 7.38. The molecule has 0 aromatic heterocycles. The van der Waals surface area contributed by atoms with E-state index in [0.29, 0.717) is 77.1 Å². The number of nitrogens with one attached hydrogen (secondary N) is 1. The summed E-state index contributed by atoms with van der Waals surface area (Å²) >= 11 is 0.